The zero-order valence-electron chi connectivity index (χ0n) is 20.2. The van der Waals surface area contributed by atoms with Crippen LogP contribution in [0.4, 0.5) is 13.6 Å². The Labute approximate surface area is 214 Å². The second-order valence-electron chi connectivity index (χ2n) is 9.70. The molecule has 0 aromatic heterocycles. The highest BCUT2D eigenvalue weighted by Crippen LogP contribution is 2.44. The number of morpholine rings is 1. The zero-order valence-corrected chi connectivity index (χ0v) is 20.2. The summed E-state index contributed by atoms with van der Waals surface area (Å²) in [7, 11) is 0. The molecule has 0 radical (unpaired) electrons. The van der Waals surface area contributed by atoms with Crippen LogP contribution in [0.15, 0.2) is 84.4 Å². The third-order valence-corrected chi connectivity index (χ3v) is 7.38. The summed E-state index contributed by atoms with van der Waals surface area (Å²) in [5, 5.41) is 0. The highest BCUT2D eigenvalue weighted by molar-refractivity contribution is 5.79. The van der Waals surface area contributed by atoms with E-state index in [9.17, 15) is 13.6 Å². The van der Waals surface area contributed by atoms with Crippen molar-refractivity contribution in [1.82, 2.24) is 4.90 Å². The fourth-order valence-electron chi connectivity index (χ4n) is 5.86. The van der Waals surface area contributed by atoms with Crippen molar-refractivity contribution in [2.24, 2.45) is 0 Å². The number of alkyl halides is 2. The summed E-state index contributed by atoms with van der Waals surface area (Å²) in [5.74, 6) is 0.152. The van der Waals surface area contributed by atoms with Crippen LogP contribution in [-0.2, 0) is 15.9 Å². The van der Waals surface area contributed by atoms with Gasteiger partial charge in [-0.2, -0.15) is 8.78 Å². The Morgan fingerprint density at radius 1 is 0.973 bits per heavy atom. The minimum Gasteiger partial charge on any atom is -0.448 e. The average molecular weight is 504 g/mol. The van der Waals surface area contributed by atoms with Crippen molar-refractivity contribution >= 4 is 6.09 Å². The molecule has 0 saturated carbocycles. The maximum Gasteiger partial charge on any atom is 0.410 e. The lowest BCUT2D eigenvalue weighted by Gasteiger charge is -2.44. The molecule has 0 spiro atoms. The first kappa shape index (κ1) is 23.7. The number of carbonyl (C=O) groups is 1. The van der Waals surface area contributed by atoms with Crippen LogP contribution in [0.3, 0.4) is 0 Å². The van der Waals surface area contributed by atoms with E-state index in [1.807, 2.05) is 30.3 Å². The van der Waals surface area contributed by atoms with Crippen molar-refractivity contribution in [2.45, 2.75) is 37.5 Å². The normalized spacial score (nSPS) is 20.3. The van der Waals surface area contributed by atoms with Gasteiger partial charge in [-0.25, -0.2) is 4.79 Å². The largest absolute Gasteiger partial charge is 0.448 e. The Hall–Kier alpha value is -3.71. The maximum absolute atomic E-state index is 13.3. The van der Waals surface area contributed by atoms with E-state index in [4.69, 9.17) is 9.47 Å². The molecule has 2 atom stereocenters. The Morgan fingerprint density at radius 2 is 1.70 bits per heavy atom. The Balaban J connectivity index is 1.15. The van der Waals surface area contributed by atoms with Gasteiger partial charge in [0.05, 0.1) is 25.3 Å². The summed E-state index contributed by atoms with van der Waals surface area (Å²) in [4.78, 5) is 15.1. The monoisotopic (exact) mass is 503 g/mol. The van der Waals surface area contributed by atoms with Gasteiger partial charge < -0.3 is 14.2 Å². The molecule has 1 saturated heterocycles. The van der Waals surface area contributed by atoms with E-state index in [0.717, 1.165) is 11.1 Å². The van der Waals surface area contributed by atoms with Crippen molar-refractivity contribution in [3.8, 4) is 16.9 Å². The summed E-state index contributed by atoms with van der Waals surface area (Å²) >= 11 is 0. The molecule has 3 aromatic rings. The van der Waals surface area contributed by atoms with Crippen LogP contribution in [0.25, 0.3) is 11.1 Å². The number of benzene rings is 3. The molecule has 7 heteroatoms. The predicted octanol–water partition coefficient (Wildman–Crippen LogP) is 6.18. The molecule has 6 rings (SSSR count). The smallest absolute Gasteiger partial charge is 0.410 e. The average Bonchev–Trinajstić information content (AvgIpc) is 3.20. The number of hydrogen-bond donors (Lipinski definition) is 0. The van der Waals surface area contributed by atoms with Gasteiger partial charge in [0.25, 0.3) is 0 Å². The van der Waals surface area contributed by atoms with Crippen molar-refractivity contribution in [3.05, 3.63) is 101 Å². The van der Waals surface area contributed by atoms with Crippen molar-refractivity contribution in [2.75, 3.05) is 19.8 Å². The van der Waals surface area contributed by atoms with Gasteiger partial charge >= 0.3 is 12.7 Å². The van der Waals surface area contributed by atoms with Gasteiger partial charge in [0.2, 0.25) is 0 Å². The highest BCUT2D eigenvalue weighted by atomic mass is 19.3. The van der Waals surface area contributed by atoms with Crippen LogP contribution in [0.1, 0.15) is 29.0 Å². The van der Waals surface area contributed by atoms with Gasteiger partial charge in [0.1, 0.15) is 12.4 Å². The molecule has 2 heterocycles. The molecule has 3 aliphatic rings. The number of amides is 1. The van der Waals surface area contributed by atoms with E-state index < -0.39 is 6.61 Å². The molecule has 5 nitrogen and oxygen atoms in total. The lowest BCUT2D eigenvalue weighted by atomic mass is 9.90. The summed E-state index contributed by atoms with van der Waals surface area (Å²) in [6.07, 6.45) is 2.97. The van der Waals surface area contributed by atoms with E-state index in [1.165, 1.54) is 28.3 Å². The van der Waals surface area contributed by atoms with E-state index in [-0.39, 0.29) is 36.5 Å². The third-order valence-electron chi connectivity index (χ3n) is 7.38. The van der Waals surface area contributed by atoms with E-state index in [2.05, 4.69) is 35.1 Å². The molecule has 2 bridgehead atoms. The summed E-state index contributed by atoms with van der Waals surface area (Å²) in [6.45, 7) is -1.74. The van der Waals surface area contributed by atoms with Crippen LogP contribution in [-0.4, -0.2) is 49.5 Å². The lowest BCUT2D eigenvalue weighted by molar-refractivity contribution is -0.0498. The predicted molar refractivity (Wildman–Crippen MR) is 135 cm³/mol. The Kier molecular flexibility index (Phi) is 6.38. The minimum absolute atomic E-state index is 0.00562. The van der Waals surface area contributed by atoms with E-state index >= 15 is 0 Å². The van der Waals surface area contributed by atoms with Crippen LogP contribution in [0, 0.1) is 0 Å². The number of halogens is 2. The second-order valence-corrected chi connectivity index (χ2v) is 9.70. The first-order chi connectivity index (χ1) is 18.1. The summed E-state index contributed by atoms with van der Waals surface area (Å²) in [6, 6.07) is 23.0. The molecule has 0 N–H and O–H groups in total. The van der Waals surface area contributed by atoms with Crippen molar-refractivity contribution in [3.63, 3.8) is 0 Å². The topological polar surface area (TPSA) is 48.0 Å². The SMILES string of the molecule is O=C(OCC1c2ccccc2-c2ccccc21)N1C2C=C(Cc3cccc(OC(F)F)c3)CC1COC2. The van der Waals surface area contributed by atoms with Crippen LogP contribution < -0.4 is 4.74 Å². The van der Waals surface area contributed by atoms with E-state index in [1.54, 1.807) is 17.0 Å². The first-order valence-electron chi connectivity index (χ1n) is 12.5. The molecule has 37 heavy (non-hydrogen) atoms. The number of hydrogen-bond acceptors (Lipinski definition) is 4. The molecule has 1 fully saturated rings. The highest BCUT2D eigenvalue weighted by Gasteiger charge is 2.39. The lowest BCUT2D eigenvalue weighted by Crippen LogP contribution is -2.56. The van der Waals surface area contributed by atoms with Gasteiger partial charge in [-0.3, -0.25) is 4.90 Å². The molecule has 2 unspecified atom stereocenters. The van der Waals surface area contributed by atoms with Gasteiger partial charge in [0, 0.05) is 5.92 Å². The van der Waals surface area contributed by atoms with E-state index in [0.29, 0.717) is 26.1 Å². The maximum atomic E-state index is 13.3. The Bertz CT molecular complexity index is 1290. The molecule has 190 valence electrons. The fourth-order valence-corrected chi connectivity index (χ4v) is 5.86. The second kappa shape index (κ2) is 9.98. The number of fused-ring (bicyclic) bond motifs is 5. The zero-order chi connectivity index (χ0) is 25.4. The number of carbonyl (C=O) groups excluding carboxylic acids is 1. The summed E-state index contributed by atoms with van der Waals surface area (Å²) < 4.78 is 41.4. The van der Waals surface area contributed by atoms with Crippen LogP contribution in [0.2, 0.25) is 0 Å². The van der Waals surface area contributed by atoms with Gasteiger partial charge in [-0.05, 0) is 52.8 Å². The number of nitrogens with zero attached hydrogens (tertiary/aromatic N) is 1. The molecule has 1 amide bonds. The third kappa shape index (κ3) is 4.71. The quantitative estimate of drug-likeness (QED) is 0.377. The molecular weight excluding hydrogens is 476 g/mol. The van der Waals surface area contributed by atoms with Crippen LogP contribution in [0.5, 0.6) is 5.75 Å². The molecular formula is C30H27F2NO4. The number of rotatable bonds is 6. The van der Waals surface area contributed by atoms with Crippen molar-refractivity contribution in [1.29, 1.82) is 0 Å². The van der Waals surface area contributed by atoms with Gasteiger partial charge in [-0.1, -0.05) is 72.3 Å². The summed E-state index contributed by atoms with van der Waals surface area (Å²) in [5.41, 5.74) is 6.78. The minimum atomic E-state index is -2.86. The first-order valence-corrected chi connectivity index (χ1v) is 12.5. The standard InChI is InChI=1S/C30H27F2NO4/c31-29(32)37-23-7-5-6-19(15-23)12-20-13-21-16-35-17-22(14-20)33(21)30(34)36-18-28-26-10-3-1-8-24(26)25-9-2-4-11-27(25)28/h1-11,13,15,21-22,28-29H,12,14,16-18H2. The molecule has 2 aliphatic heterocycles. The fraction of sp³-hybridized carbons (Fsp3) is 0.300. The number of ether oxygens (including phenoxy) is 3. The van der Waals surface area contributed by atoms with Crippen molar-refractivity contribution < 1.29 is 27.8 Å². The molecule has 1 aliphatic carbocycles. The van der Waals surface area contributed by atoms with Crippen LogP contribution >= 0.6 is 0 Å². The molecule has 3 aromatic carbocycles. The van der Waals surface area contributed by atoms with Gasteiger partial charge in [0.15, 0.2) is 0 Å². The Morgan fingerprint density at radius 3 is 2.41 bits per heavy atom. The van der Waals surface area contributed by atoms with Gasteiger partial charge in [-0.15, -0.1) is 0 Å².